The van der Waals surface area contributed by atoms with Gasteiger partial charge in [-0.3, -0.25) is 4.79 Å². The Kier molecular flexibility index (Phi) is 4.72. The molecule has 5 nitrogen and oxygen atoms in total. The Morgan fingerprint density at radius 2 is 1.86 bits per heavy atom. The minimum absolute atomic E-state index is 0.0235. The zero-order valence-corrected chi connectivity index (χ0v) is 16.7. The van der Waals surface area contributed by atoms with Gasteiger partial charge in [-0.15, -0.1) is 11.3 Å². The van der Waals surface area contributed by atoms with Crippen molar-refractivity contribution in [2.24, 2.45) is 0 Å². The van der Waals surface area contributed by atoms with Crippen molar-refractivity contribution in [3.63, 3.8) is 0 Å². The van der Waals surface area contributed by atoms with Gasteiger partial charge in [0.25, 0.3) is 5.91 Å². The summed E-state index contributed by atoms with van der Waals surface area (Å²) in [5.74, 6) is 1.12. The van der Waals surface area contributed by atoms with Gasteiger partial charge < -0.3 is 10.2 Å². The number of nitrogens with one attached hydrogen (secondary N) is 1. The van der Waals surface area contributed by atoms with Crippen LogP contribution in [-0.2, 0) is 12.8 Å². The standard InChI is InChI=1S/C22H24N4OS/c27-21(15-6-2-1-3-7-15)25-16-10-12-26(13-11-16)20-19-17-8-4-5-9-18(17)28-22(19)24-14-23-20/h1-3,6-7,14,16H,4-5,8-13H2,(H,25,27). The molecule has 6 heteroatoms. The number of fused-ring (bicyclic) bond motifs is 3. The Bertz CT molecular complexity index is 992. The fourth-order valence-electron chi connectivity index (χ4n) is 4.41. The van der Waals surface area contributed by atoms with Gasteiger partial charge in [-0.05, 0) is 56.2 Å². The predicted octanol–water partition coefficient (Wildman–Crippen LogP) is 3.97. The molecular weight excluding hydrogens is 368 g/mol. The summed E-state index contributed by atoms with van der Waals surface area (Å²) < 4.78 is 0. The molecule has 1 fully saturated rings. The molecule has 28 heavy (non-hydrogen) atoms. The van der Waals surface area contributed by atoms with E-state index in [1.54, 1.807) is 6.33 Å². The molecule has 1 N–H and O–H groups in total. The van der Waals surface area contributed by atoms with E-state index in [0.29, 0.717) is 0 Å². The van der Waals surface area contributed by atoms with Gasteiger partial charge in [-0.2, -0.15) is 0 Å². The summed E-state index contributed by atoms with van der Waals surface area (Å²) in [4.78, 5) is 26.7. The molecule has 5 rings (SSSR count). The number of benzene rings is 1. The van der Waals surface area contributed by atoms with Gasteiger partial charge in [-0.1, -0.05) is 18.2 Å². The molecule has 1 saturated heterocycles. The molecule has 2 aliphatic rings. The highest BCUT2D eigenvalue weighted by Crippen LogP contribution is 2.39. The zero-order valence-electron chi connectivity index (χ0n) is 15.9. The van der Waals surface area contributed by atoms with E-state index in [9.17, 15) is 4.79 Å². The fraction of sp³-hybridized carbons (Fsp3) is 0.409. The van der Waals surface area contributed by atoms with E-state index < -0.39 is 0 Å². The molecule has 0 bridgehead atoms. The molecule has 1 aromatic carbocycles. The summed E-state index contributed by atoms with van der Waals surface area (Å²) in [7, 11) is 0. The maximum atomic E-state index is 12.4. The van der Waals surface area contributed by atoms with Crippen LogP contribution in [0.25, 0.3) is 10.2 Å². The average molecular weight is 393 g/mol. The van der Waals surface area contributed by atoms with Gasteiger partial charge in [0.05, 0.1) is 5.39 Å². The number of piperidine rings is 1. The molecule has 144 valence electrons. The lowest BCUT2D eigenvalue weighted by Crippen LogP contribution is -2.45. The normalized spacial score (nSPS) is 17.5. The molecule has 0 saturated carbocycles. The van der Waals surface area contributed by atoms with Crippen LogP contribution < -0.4 is 10.2 Å². The third-order valence-electron chi connectivity index (χ3n) is 5.90. The highest BCUT2D eigenvalue weighted by molar-refractivity contribution is 7.19. The number of rotatable bonds is 3. The van der Waals surface area contributed by atoms with Gasteiger partial charge in [0, 0.05) is 29.6 Å². The monoisotopic (exact) mass is 392 g/mol. The van der Waals surface area contributed by atoms with Gasteiger partial charge in [0.15, 0.2) is 0 Å². The molecule has 0 spiro atoms. The number of aromatic nitrogens is 2. The molecule has 3 heterocycles. The number of thiophene rings is 1. The van der Waals surface area contributed by atoms with Crippen molar-refractivity contribution >= 4 is 33.3 Å². The molecule has 2 aromatic heterocycles. The Morgan fingerprint density at radius 3 is 2.68 bits per heavy atom. The Hall–Kier alpha value is -2.47. The number of hydrogen-bond donors (Lipinski definition) is 1. The number of carbonyl (C=O) groups excluding carboxylic acids is 1. The zero-order chi connectivity index (χ0) is 18.9. The first-order chi connectivity index (χ1) is 13.8. The molecule has 3 aromatic rings. The molecule has 0 atom stereocenters. The lowest BCUT2D eigenvalue weighted by molar-refractivity contribution is 0.0931. The van der Waals surface area contributed by atoms with Crippen LogP contribution in [0.5, 0.6) is 0 Å². The summed E-state index contributed by atoms with van der Waals surface area (Å²) in [5.41, 5.74) is 2.22. The minimum Gasteiger partial charge on any atom is -0.356 e. The van der Waals surface area contributed by atoms with E-state index in [2.05, 4.69) is 20.2 Å². The molecule has 1 aliphatic carbocycles. The van der Waals surface area contributed by atoms with E-state index in [0.717, 1.165) is 48.6 Å². The third-order valence-corrected chi connectivity index (χ3v) is 7.10. The predicted molar refractivity (Wildman–Crippen MR) is 113 cm³/mol. The van der Waals surface area contributed by atoms with Gasteiger partial charge in [0.2, 0.25) is 0 Å². The summed E-state index contributed by atoms with van der Waals surface area (Å²) in [6, 6.07) is 9.68. The van der Waals surface area contributed by atoms with Gasteiger partial charge >= 0.3 is 0 Å². The van der Waals surface area contributed by atoms with Crippen LogP contribution in [-0.4, -0.2) is 35.0 Å². The highest BCUT2D eigenvalue weighted by atomic mass is 32.1. The van der Waals surface area contributed by atoms with Gasteiger partial charge in [-0.25, -0.2) is 9.97 Å². The summed E-state index contributed by atoms with van der Waals surface area (Å²) in [5, 5.41) is 4.48. The number of amides is 1. The largest absolute Gasteiger partial charge is 0.356 e. The van der Waals surface area contributed by atoms with Crippen LogP contribution in [0.4, 0.5) is 5.82 Å². The van der Waals surface area contributed by atoms with Crippen LogP contribution in [0.3, 0.4) is 0 Å². The lowest BCUT2D eigenvalue weighted by Gasteiger charge is -2.33. The van der Waals surface area contributed by atoms with Crippen LogP contribution in [0.1, 0.15) is 46.5 Å². The number of nitrogens with zero attached hydrogens (tertiary/aromatic N) is 3. The second-order valence-electron chi connectivity index (χ2n) is 7.69. The topological polar surface area (TPSA) is 58.1 Å². The first-order valence-electron chi connectivity index (χ1n) is 10.2. The van der Waals surface area contributed by atoms with Crippen molar-refractivity contribution in [1.29, 1.82) is 0 Å². The number of hydrogen-bond acceptors (Lipinski definition) is 5. The van der Waals surface area contributed by atoms with Crippen LogP contribution in [0.15, 0.2) is 36.7 Å². The summed E-state index contributed by atoms with van der Waals surface area (Å²) >= 11 is 1.85. The van der Waals surface area contributed by atoms with Crippen LogP contribution in [0.2, 0.25) is 0 Å². The second-order valence-corrected chi connectivity index (χ2v) is 8.77. The van der Waals surface area contributed by atoms with Crippen LogP contribution >= 0.6 is 11.3 Å². The maximum Gasteiger partial charge on any atom is 0.251 e. The van der Waals surface area contributed by atoms with E-state index in [1.165, 1.54) is 35.1 Å². The van der Waals surface area contributed by atoms with Gasteiger partial charge in [0.1, 0.15) is 17.0 Å². The summed E-state index contributed by atoms with van der Waals surface area (Å²) in [6.45, 7) is 1.83. The summed E-state index contributed by atoms with van der Waals surface area (Å²) in [6.07, 6.45) is 8.48. The Labute approximate surface area is 168 Å². The number of carbonyl (C=O) groups is 1. The van der Waals surface area contributed by atoms with Crippen molar-refractivity contribution < 1.29 is 4.79 Å². The van der Waals surface area contributed by atoms with Crippen molar-refractivity contribution in [2.45, 2.75) is 44.6 Å². The quantitative estimate of drug-likeness (QED) is 0.733. The SMILES string of the molecule is O=C(NC1CCN(c2ncnc3sc4c(c23)CCCC4)CC1)c1ccccc1. The Balaban J connectivity index is 1.31. The average Bonchev–Trinajstić information content (AvgIpc) is 3.14. The molecule has 1 amide bonds. The first kappa shape index (κ1) is 17.6. The third kappa shape index (κ3) is 3.26. The number of anilines is 1. The molecule has 0 radical (unpaired) electrons. The van der Waals surface area contributed by atoms with E-state index in [-0.39, 0.29) is 11.9 Å². The van der Waals surface area contributed by atoms with Crippen molar-refractivity contribution in [3.8, 4) is 0 Å². The van der Waals surface area contributed by atoms with Crippen molar-refractivity contribution in [3.05, 3.63) is 52.7 Å². The van der Waals surface area contributed by atoms with Crippen molar-refractivity contribution in [2.75, 3.05) is 18.0 Å². The highest BCUT2D eigenvalue weighted by Gasteiger charge is 2.26. The van der Waals surface area contributed by atoms with E-state index in [1.807, 2.05) is 41.7 Å². The van der Waals surface area contributed by atoms with Crippen molar-refractivity contribution in [1.82, 2.24) is 15.3 Å². The molecular formula is C22H24N4OS. The smallest absolute Gasteiger partial charge is 0.251 e. The van der Waals surface area contributed by atoms with Crippen LogP contribution in [0, 0.1) is 0 Å². The lowest BCUT2D eigenvalue weighted by atomic mass is 9.96. The number of aryl methyl sites for hydroxylation is 2. The first-order valence-corrected chi connectivity index (χ1v) is 11.0. The fourth-order valence-corrected chi connectivity index (χ4v) is 5.63. The van der Waals surface area contributed by atoms with E-state index in [4.69, 9.17) is 0 Å². The molecule has 0 unspecified atom stereocenters. The second kappa shape index (κ2) is 7.51. The minimum atomic E-state index is 0.0235. The Morgan fingerprint density at radius 1 is 1.07 bits per heavy atom. The van der Waals surface area contributed by atoms with E-state index >= 15 is 0 Å². The maximum absolute atomic E-state index is 12.4. The molecule has 1 aliphatic heterocycles.